The largest absolute Gasteiger partial charge is 0.490 e. The van der Waals surface area contributed by atoms with Crippen LogP contribution in [-0.4, -0.2) is 29.6 Å². The van der Waals surface area contributed by atoms with Gasteiger partial charge in [-0.3, -0.25) is 4.90 Å². The van der Waals surface area contributed by atoms with Gasteiger partial charge in [-0.1, -0.05) is 19.1 Å². The van der Waals surface area contributed by atoms with Crippen LogP contribution in [0.3, 0.4) is 0 Å². The van der Waals surface area contributed by atoms with Gasteiger partial charge in [-0.05, 0) is 66.7 Å². The fourth-order valence-corrected chi connectivity index (χ4v) is 3.69. The first-order valence-corrected chi connectivity index (χ1v) is 8.10. The topological polar surface area (TPSA) is 12.5 Å². The van der Waals surface area contributed by atoms with E-state index in [9.17, 15) is 0 Å². The molecule has 0 bridgehead atoms. The van der Waals surface area contributed by atoms with Crippen molar-refractivity contribution in [1.29, 1.82) is 0 Å². The van der Waals surface area contributed by atoms with Crippen molar-refractivity contribution in [1.82, 2.24) is 4.90 Å². The van der Waals surface area contributed by atoms with E-state index in [1.807, 2.05) is 0 Å². The Bertz CT molecular complexity index is 470. The molecule has 3 heteroatoms. The van der Waals surface area contributed by atoms with Crippen molar-refractivity contribution in [3.63, 3.8) is 0 Å². The van der Waals surface area contributed by atoms with E-state index in [0.717, 1.165) is 23.2 Å². The monoisotopic (exact) mass is 323 g/mol. The Morgan fingerprint density at radius 3 is 2.89 bits per heavy atom. The normalized spacial score (nSPS) is 23.9. The fourth-order valence-electron chi connectivity index (χ4n) is 3.17. The zero-order valence-electron chi connectivity index (χ0n) is 11.8. The van der Waals surface area contributed by atoms with Crippen LogP contribution >= 0.6 is 15.9 Å². The van der Waals surface area contributed by atoms with Crippen LogP contribution < -0.4 is 4.74 Å². The van der Waals surface area contributed by atoms with E-state index >= 15 is 0 Å². The number of fused-ring (bicyclic) bond motifs is 1. The summed E-state index contributed by atoms with van der Waals surface area (Å²) in [6.07, 6.45) is 5.02. The van der Waals surface area contributed by atoms with Crippen LogP contribution in [0.25, 0.3) is 0 Å². The van der Waals surface area contributed by atoms with Crippen molar-refractivity contribution >= 4 is 15.9 Å². The van der Waals surface area contributed by atoms with Gasteiger partial charge in [0, 0.05) is 11.6 Å². The minimum absolute atomic E-state index is 0.438. The Morgan fingerprint density at radius 2 is 2.21 bits per heavy atom. The molecule has 1 unspecified atom stereocenters. The summed E-state index contributed by atoms with van der Waals surface area (Å²) in [5.41, 5.74) is 1.78. The van der Waals surface area contributed by atoms with Gasteiger partial charge in [-0.15, -0.1) is 0 Å². The summed E-state index contributed by atoms with van der Waals surface area (Å²) in [6.45, 7) is 6.69. The van der Waals surface area contributed by atoms with Crippen LogP contribution in [0.15, 0.2) is 22.7 Å². The smallest absolute Gasteiger partial charge is 0.136 e. The maximum absolute atomic E-state index is 6.03. The average molecular weight is 324 g/mol. The zero-order valence-corrected chi connectivity index (χ0v) is 13.4. The van der Waals surface area contributed by atoms with Crippen molar-refractivity contribution in [3.05, 3.63) is 28.2 Å². The molecule has 1 aliphatic carbocycles. The second-order valence-electron chi connectivity index (χ2n) is 6.09. The van der Waals surface area contributed by atoms with Gasteiger partial charge in [0.05, 0.1) is 4.47 Å². The fraction of sp³-hybridized carbons (Fsp3) is 0.625. The van der Waals surface area contributed by atoms with Crippen molar-refractivity contribution in [2.45, 2.75) is 51.1 Å². The highest BCUT2D eigenvalue weighted by atomic mass is 79.9. The van der Waals surface area contributed by atoms with E-state index in [1.165, 1.54) is 31.4 Å². The molecule has 3 rings (SSSR count). The van der Waals surface area contributed by atoms with Crippen LogP contribution in [0, 0.1) is 0 Å². The molecule has 2 nitrogen and oxygen atoms in total. The number of benzene rings is 1. The second-order valence-corrected chi connectivity index (χ2v) is 6.94. The number of hydrogen-bond donors (Lipinski definition) is 0. The van der Waals surface area contributed by atoms with Gasteiger partial charge in [-0.2, -0.15) is 0 Å². The highest BCUT2D eigenvalue weighted by Crippen LogP contribution is 2.44. The van der Waals surface area contributed by atoms with Crippen LogP contribution in [0.4, 0.5) is 0 Å². The number of nitrogens with zero attached hydrogens (tertiary/aromatic N) is 1. The lowest BCUT2D eigenvalue weighted by Crippen LogP contribution is -2.49. The minimum Gasteiger partial charge on any atom is -0.490 e. The molecule has 104 valence electrons. The molecule has 1 heterocycles. The van der Waals surface area contributed by atoms with Gasteiger partial charge in [0.25, 0.3) is 0 Å². The van der Waals surface area contributed by atoms with Gasteiger partial charge >= 0.3 is 0 Å². The second kappa shape index (κ2) is 5.10. The van der Waals surface area contributed by atoms with Crippen molar-refractivity contribution in [2.24, 2.45) is 0 Å². The summed E-state index contributed by atoms with van der Waals surface area (Å²) in [6, 6.07) is 6.91. The predicted molar refractivity (Wildman–Crippen MR) is 81.8 cm³/mol. The summed E-state index contributed by atoms with van der Waals surface area (Å²) >= 11 is 3.58. The maximum Gasteiger partial charge on any atom is 0.136 e. The molecule has 1 aliphatic heterocycles. The summed E-state index contributed by atoms with van der Waals surface area (Å²) in [5, 5.41) is 0. The number of rotatable bonds is 4. The van der Waals surface area contributed by atoms with Crippen LogP contribution in [0.5, 0.6) is 5.75 Å². The molecule has 0 N–H and O–H groups in total. The van der Waals surface area contributed by atoms with Gasteiger partial charge in [0.15, 0.2) is 0 Å². The van der Waals surface area contributed by atoms with Crippen LogP contribution in [0.2, 0.25) is 0 Å². The van der Waals surface area contributed by atoms with Crippen LogP contribution in [0.1, 0.15) is 38.7 Å². The van der Waals surface area contributed by atoms with Gasteiger partial charge in [-0.25, -0.2) is 0 Å². The summed E-state index contributed by atoms with van der Waals surface area (Å²) in [5.74, 6) is 1.05. The molecule has 0 spiro atoms. The highest BCUT2D eigenvalue weighted by molar-refractivity contribution is 9.10. The lowest BCUT2D eigenvalue weighted by atomic mass is 9.99. The first-order valence-electron chi connectivity index (χ1n) is 7.31. The predicted octanol–water partition coefficient (Wildman–Crippen LogP) is 4.02. The molecule has 19 heavy (non-hydrogen) atoms. The molecule has 1 aromatic rings. The van der Waals surface area contributed by atoms with Crippen molar-refractivity contribution < 1.29 is 4.74 Å². The van der Waals surface area contributed by atoms with Gasteiger partial charge in [0.1, 0.15) is 12.4 Å². The Balaban J connectivity index is 1.80. The maximum atomic E-state index is 6.03. The average Bonchev–Trinajstić information content (AvgIpc) is 3.15. The number of hydrogen-bond acceptors (Lipinski definition) is 2. The van der Waals surface area contributed by atoms with E-state index in [4.69, 9.17) is 4.74 Å². The van der Waals surface area contributed by atoms with Crippen molar-refractivity contribution in [2.75, 3.05) is 13.2 Å². The highest BCUT2D eigenvalue weighted by Gasteiger charge is 2.46. The Labute approximate surface area is 124 Å². The molecule has 0 aromatic heterocycles. The zero-order chi connectivity index (χ0) is 13.5. The Hall–Kier alpha value is -0.540. The molecule has 0 radical (unpaired) electrons. The number of para-hydroxylation sites is 1. The van der Waals surface area contributed by atoms with E-state index < -0.39 is 0 Å². The molecule has 1 aromatic carbocycles. The molecule has 0 amide bonds. The standard InChI is InChI=1S/C16H22BrNO/c1-3-9-18(16(2)7-8-16)13-10-12-5-4-6-14(17)15(12)19-11-13/h4-6,13H,3,7-11H2,1-2H3. The van der Waals surface area contributed by atoms with E-state index in [1.54, 1.807) is 0 Å². The van der Waals surface area contributed by atoms with E-state index in [2.05, 4.69) is 52.9 Å². The first-order chi connectivity index (χ1) is 9.14. The molecule has 0 saturated heterocycles. The Kier molecular flexibility index (Phi) is 3.61. The van der Waals surface area contributed by atoms with E-state index in [-0.39, 0.29) is 0 Å². The lowest BCUT2D eigenvalue weighted by Gasteiger charge is -2.39. The summed E-state index contributed by atoms with van der Waals surface area (Å²) < 4.78 is 7.11. The Morgan fingerprint density at radius 1 is 1.42 bits per heavy atom. The molecule has 1 fully saturated rings. The van der Waals surface area contributed by atoms with Crippen molar-refractivity contribution in [3.8, 4) is 5.75 Å². The number of halogens is 1. The quantitative estimate of drug-likeness (QED) is 0.829. The molecule has 1 saturated carbocycles. The molecular formula is C16H22BrNO. The SMILES string of the molecule is CCCN(C1COc2c(Br)cccc2C1)C1(C)CC1. The molecule has 1 atom stereocenters. The van der Waals surface area contributed by atoms with Gasteiger partial charge in [0.2, 0.25) is 0 Å². The molecule has 2 aliphatic rings. The first kappa shape index (κ1) is 13.4. The molecular weight excluding hydrogens is 302 g/mol. The summed E-state index contributed by atoms with van der Waals surface area (Å²) in [4.78, 5) is 2.69. The van der Waals surface area contributed by atoms with Gasteiger partial charge < -0.3 is 4.74 Å². The van der Waals surface area contributed by atoms with E-state index in [0.29, 0.717) is 11.6 Å². The third kappa shape index (κ3) is 2.55. The third-order valence-electron chi connectivity index (χ3n) is 4.50. The number of ether oxygens (including phenoxy) is 1. The summed E-state index contributed by atoms with van der Waals surface area (Å²) in [7, 11) is 0. The van der Waals surface area contributed by atoms with Crippen LogP contribution in [-0.2, 0) is 6.42 Å². The lowest BCUT2D eigenvalue weighted by molar-refractivity contribution is 0.0746. The minimum atomic E-state index is 0.438. The third-order valence-corrected chi connectivity index (χ3v) is 5.12.